The quantitative estimate of drug-likeness (QED) is 0.311. The molecule has 2 aromatic carbocycles. The van der Waals surface area contributed by atoms with Crippen LogP contribution in [0, 0.1) is 0 Å². The van der Waals surface area contributed by atoms with Crippen LogP contribution in [0.2, 0.25) is 0 Å². The summed E-state index contributed by atoms with van der Waals surface area (Å²) in [5.74, 6) is -0.942. The minimum atomic E-state index is -4.90. The van der Waals surface area contributed by atoms with Crippen molar-refractivity contribution in [1.29, 1.82) is 0 Å². The lowest BCUT2D eigenvalue weighted by molar-refractivity contribution is -0.267. The average molecular weight is 481 g/mol. The monoisotopic (exact) mass is 481 g/mol. The smallest absolute Gasteiger partial charge is 0.421 e. The molecule has 0 aliphatic rings. The maximum Gasteiger partial charge on any atom is 0.421 e. The second kappa shape index (κ2) is 9.98. The zero-order valence-corrected chi connectivity index (χ0v) is 18.2. The summed E-state index contributed by atoms with van der Waals surface area (Å²) < 4.78 is 46.5. The number of carboxylic acids is 1. The second-order valence-electron chi connectivity index (χ2n) is 7.54. The summed E-state index contributed by atoms with van der Waals surface area (Å²) >= 11 is 1.10. The Labute approximate surface area is 191 Å². The normalized spacial score (nSPS) is 14.7. The third-order valence-electron chi connectivity index (χ3n) is 5.29. The molecule has 0 radical (unpaired) electrons. The van der Waals surface area contributed by atoms with Gasteiger partial charge in [0, 0.05) is 11.5 Å². The standard InChI is InChI=1S/C23H22F3NO5S/c24-23(25,26)22(31,10-12-33-11-9-18(27)21(29)30)17-6-3-14(4-7-17)16-2-1-15-5-8-20(28)32-19(15)13-16/h1-8,13,18,31H,9-12,27H2,(H,29,30). The first-order valence-corrected chi connectivity index (χ1v) is 11.2. The molecule has 0 aliphatic heterocycles. The molecule has 0 bridgehead atoms. The lowest BCUT2D eigenvalue weighted by atomic mass is 9.89. The Morgan fingerprint density at radius 2 is 1.67 bits per heavy atom. The Kier molecular flexibility index (Phi) is 7.51. The van der Waals surface area contributed by atoms with E-state index >= 15 is 0 Å². The fourth-order valence-corrected chi connectivity index (χ4v) is 4.35. The molecule has 1 heterocycles. The van der Waals surface area contributed by atoms with Gasteiger partial charge in [-0.3, -0.25) is 4.79 Å². The Morgan fingerprint density at radius 1 is 1.03 bits per heavy atom. The van der Waals surface area contributed by atoms with E-state index in [-0.39, 0.29) is 23.5 Å². The van der Waals surface area contributed by atoms with Gasteiger partial charge < -0.3 is 20.4 Å². The number of fused-ring (bicyclic) bond motifs is 1. The maximum atomic E-state index is 13.8. The van der Waals surface area contributed by atoms with Crippen LogP contribution in [0.15, 0.2) is 63.8 Å². The molecule has 33 heavy (non-hydrogen) atoms. The van der Waals surface area contributed by atoms with E-state index in [9.17, 15) is 27.9 Å². The molecule has 1 aromatic heterocycles. The fraction of sp³-hybridized carbons (Fsp3) is 0.304. The lowest BCUT2D eigenvalue weighted by Crippen LogP contribution is -2.42. The average Bonchev–Trinajstić information content (AvgIpc) is 2.77. The third-order valence-corrected chi connectivity index (χ3v) is 6.30. The highest BCUT2D eigenvalue weighted by atomic mass is 32.2. The summed E-state index contributed by atoms with van der Waals surface area (Å²) in [5, 5.41) is 20.0. The molecule has 0 saturated carbocycles. The number of nitrogens with two attached hydrogens (primary N) is 1. The second-order valence-corrected chi connectivity index (χ2v) is 8.76. The number of alkyl halides is 3. The predicted molar refractivity (Wildman–Crippen MR) is 120 cm³/mol. The molecule has 0 fully saturated rings. The number of aliphatic carboxylic acids is 1. The molecule has 3 aromatic rings. The molecule has 0 spiro atoms. The van der Waals surface area contributed by atoms with Crippen LogP contribution >= 0.6 is 11.8 Å². The first-order valence-electron chi connectivity index (χ1n) is 10.0. The van der Waals surface area contributed by atoms with Gasteiger partial charge in [0.05, 0.1) is 0 Å². The van der Waals surface area contributed by atoms with E-state index in [0.29, 0.717) is 22.1 Å². The van der Waals surface area contributed by atoms with Crippen molar-refractivity contribution in [2.24, 2.45) is 5.73 Å². The summed E-state index contributed by atoms with van der Waals surface area (Å²) in [7, 11) is 0. The Hall–Kier alpha value is -2.82. The zero-order valence-electron chi connectivity index (χ0n) is 17.3. The van der Waals surface area contributed by atoms with Gasteiger partial charge >= 0.3 is 17.8 Å². The highest BCUT2D eigenvalue weighted by molar-refractivity contribution is 7.99. The highest BCUT2D eigenvalue weighted by Crippen LogP contribution is 2.42. The van der Waals surface area contributed by atoms with Gasteiger partial charge in [-0.25, -0.2) is 4.79 Å². The van der Waals surface area contributed by atoms with Crippen LogP contribution in [0.25, 0.3) is 22.1 Å². The molecule has 2 unspecified atom stereocenters. The van der Waals surface area contributed by atoms with E-state index in [4.69, 9.17) is 15.3 Å². The van der Waals surface area contributed by atoms with Crippen molar-refractivity contribution in [3.8, 4) is 11.1 Å². The molecule has 2 atom stereocenters. The molecule has 0 saturated heterocycles. The molecule has 176 valence electrons. The third kappa shape index (κ3) is 5.76. The van der Waals surface area contributed by atoms with E-state index in [1.54, 1.807) is 24.3 Å². The number of aliphatic hydroxyl groups is 1. The minimum absolute atomic E-state index is 0.0339. The molecular formula is C23H22F3NO5S. The minimum Gasteiger partial charge on any atom is -0.480 e. The van der Waals surface area contributed by atoms with Crippen LogP contribution in [-0.4, -0.2) is 39.9 Å². The maximum absolute atomic E-state index is 13.8. The van der Waals surface area contributed by atoms with Gasteiger partial charge in [0.15, 0.2) is 5.60 Å². The molecule has 0 aliphatic carbocycles. The van der Waals surface area contributed by atoms with E-state index in [2.05, 4.69) is 0 Å². The number of carbonyl (C=O) groups is 1. The van der Waals surface area contributed by atoms with Crippen molar-refractivity contribution in [3.63, 3.8) is 0 Å². The number of hydrogen-bond acceptors (Lipinski definition) is 6. The van der Waals surface area contributed by atoms with Crippen molar-refractivity contribution in [1.82, 2.24) is 0 Å². The van der Waals surface area contributed by atoms with E-state index in [1.807, 2.05) is 0 Å². The van der Waals surface area contributed by atoms with Gasteiger partial charge in [-0.1, -0.05) is 36.4 Å². The summed E-state index contributed by atoms with van der Waals surface area (Å²) in [6.45, 7) is 0. The topological polar surface area (TPSA) is 114 Å². The van der Waals surface area contributed by atoms with Gasteiger partial charge in [-0.05, 0) is 53.2 Å². The Bertz CT molecular complexity index is 1180. The van der Waals surface area contributed by atoms with Crippen LogP contribution in [0.5, 0.6) is 0 Å². The number of benzene rings is 2. The summed E-state index contributed by atoms with van der Waals surface area (Å²) in [4.78, 5) is 22.1. The molecular weight excluding hydrogens is 459 g/mol. The number of rotatable bonds is 9. The lowest BCUT2D eigenvalue weighted by Gasteiger charge is -2.31. The molecule has 0 amide bonds. The van der Waals surface area contributed by atoms with Gasteiger partial charge in [0.1, 0.15) is 11.6 Å². The number of thioether (sulfide) groups is 1. The van der Waals surface area contributed by atoms with Crippen LogP contribution < -0.4 is 11.4 Å². The summed E-state index contributed by atoms with van der Waals surface area (Å²) in [6, 6.07) is 12.3. The van der Waals surface area contributed by atoms with Crippen LogP contribution in [0.4, 0.5) is 13.2 Å². The van der Waals surface area contributed by atoms with Gasteiger partial charge in [0.2, 0.25) is 0 Å². The van der Waals surface area contributed by atoms with Crippen molar-refractivity contribution in [2.75, 3.05) is 11.5 Å². The SMILES string of the molecule is NC(CCSCCC(O)(c1ccc(-c2ccc3ccc(=O)oc3c2)cc1)C(F)(F)F)C(=O)O. The van der Waals surface area contributed by atoms with Crippen LogP contribution in [0.3, 0.4) is 0 Å². The molecule has 4 N–H and O–H groups in total. The van der Waals surface area contributed by atoms with E-state index < -0.39 is 35.8 Å². The largest absolute Gasteiger partial charge is 0.480 e. The fourth-order valence-electron chi connectivity index (χ4n) is 3.28. The molecule has 10 heteroatoms. The van der Waals surface area contributed by atoms with Gasteiger partial charge in [-0.15, -0.1) is 0 Å². The summed E-state index contributed by atoms with van der Waals surface area (Å²) in [6.07, 6.45) is -5.38. The van der Waals surface area contributed by atoms with Crippen molar-refractivity contribution in [2.45, 2.75) is 30.7 Å². The van der Waals surface area contributed by atoms with Crippen LogP contribution in [0.1, 0.15) is 18.4 Å². The zero-order chi connectivity index (χ0) is 24.2. The van der Waals surface area contributed by atoms with Gasteiger partial charge in [0.25, 0.3) is 0 Å². The van der Waals surface area contributed by atoms with E-state index in [1.165, 1.54) is 30.3 Å². The van der Waals surface area contributed by atoms with Crippen molar-refractivity contribution in [3.05, 3.63) is 70.6 Å². The molecule has 3 rings (SSSR count). The first kappa shape index (κ1) is 24.8. The summed E-state index contributed by atoms with van der Waals surface area (Å²) in [5.41, 5.74) is 3.12. The van der Waals surface area contributed by atoms with Crippen LogP contribution in [-0.2, 0) is 10.4 Å². The number of hydrogen-bond donors (Lipinski definition) is 3. The molecule has 6 nitrogen and oxygen atoms in total. The first-order chi connectivity index (χ1) is 15.5. The Balaban J connectivity index is 1.76. The predicted octanol–water partition coefficient (Wildman–Crippen LogP) is 4.14. The number of halogens is 3. The highest BCUT2D eigenvalue weighted by Gasteiger charge is 2.54. The van der Waals surface area contributed by atoms with E-state index in [0.717, 1.165) is 11.8 Å². The number of carboxylic acid groups (broad SMARTS) is 1. The Morgan fingerprint density at radius 3 is 2.30 bits per heavy atom. The van der Waals surface area contributed by atoms with Crippen molar-refractivity contribution >= 4 is 28.7 Å². The van der Waals surface area contributed by atoms with Crippen molar-refractivity contribution < 1.29 is 32.6 Å². The van der Waals surface area contributed by atoms with Gasteiger partial charge in [-0.2, -0.15) is 24.9 Å².